The number of imide groups is 1. The highest BCUT2D eigenvalue weighted by Gasteiger charge is 2.34. The van der Waals surface area contributed by atoms with Crippen molar-refractivity contribution in [2.45, 2.75) is 58.7 Å². The smallest absolute Gasteiger partial charge is 0.333 e. The number of esters is 1. The van der Waals surface area contributed by atoms with E-state index in [9.17, 15) is 34.2 Å². The van der Waals surface area contributed by atoms with Gasteiger partial charge in [-0.15, -0.1) is 0 Å². The Balaban J connectivity index is 1.51. The molecule has 14 heteroatoms. The summed E-state index contributed by atoms with van der Waals surface area (Å²) in [6.07, 6.45) is -0.858. The van der Waals surface area contributed by atoms with Crippen LogP contribution in [0.2, 0.25) is 0 Å². The van der Waals surface area contributed by atoms with Crippen molar-refractivity contribution in [2.24, 2.45) is 5.41 Å². The third-order valence-electron chi connectivity index (χ3n) is 6.08. The second kappa shape index (κ2) is 14.8. The molecule has 230 valence electrons. The predicted octanol–water partition coefficient (Wildman–Crippen LogP) is 0.542. The lowest BCUT2D eigenvalue weighted by Crippen LogP contribution is -2.42. The number of ether oxygens (including phenoxy) is 5. The predicted molar refractivity (Wildman–Crippen MR) is 143 cm³/mol. The van der Waals surface area contributed by atoms with E-state index in [1.807, 2.05) is 0 Å². The fourth-order valence-electron chi connectivity index (χ4n) is 3.83. The zero-order valence-electron chi connectivity index (χ0n) is 23.7. The minimum atomic E-state index is -1.20. The molecule has 0 spiro atoms. The van der Waals surface area contributed by atoms with Gasteiger partial charge in [0, 0.05) is 43.2 Å². The lowest BCUT2D eigenvalue weighted by Gasteiger charge is -2.31. The summed E-state index contributed by atoms with van der Waals surface area (Å²) in [6.45, 7) is 5.24. The first-order chi connectivity index (χ1) is 19.8. The lowest BCUT2D eigenvalue weighted by atomic mass is 9.97. The molecule has 3 N–H and O–H groups in total. The van der Waals surface area contributed by atoms with Crippen molar-refractivity contribution in [3.8, 4) is 11.5 Å². The molecule has 14 nitrogen and oxygen atoms in total. The first kappa shape index (κ1) is 32.5. The van der Waals surface area contributed by atoms with Gasteiger partial charge in [0.25, 0.3) is 11.8 Å². The van der Waals surface area contributed by atoms with Gasteiger partial charge < -0.3 is 39.2 Å². The minimum absolute atomic E-state index is 0.0411. The third-order valence-corrected chi connectivity index (χ3v) is 6.08. The van der Waals surface area contributed by atoms with Crippen molar-refractivity contribution in [3.05, 3.63) is 35.9 Å². The van der Waals surface area contributed by atoms with Gasteiger partial charge in [0.2, 0.25) is 12.2 Å². The molecule has 2 aliphatic rings. The standard InChI is InChI=1S/C28H36N2O12/c1-28(2,3)27(37)40-16-17-4-5-19(41-25-13-18(31)12-21(42-25)26(35)36)14-20(17)39-11-10-38-9-8-29-22(32)15-30-23(33)6-7-24(30)34/h4-7,14,18,21,25,31H,8-13,15-16H2,1-3H3,(H,29,32)(H,35,36). The highest BCUT2D eigenvalue weighted by molar-refractivity contribution is 6.14. The van der Waals surface area contributed by atoms with Crippen molar-refractivity contribution in [2.75, 3.05) is 32.9 Å². The lowest BCUT2D eigenvalue weighted by molar-refractivity contribution is -0.195. The summed E-state index contributed by atoms with van der Waals surface area (Å²) < 4.78 is 27.9. The van der Waals surface area contributed by atoms with Crippen molar-refractivity contribution in [1.29, 1.82) is 0 Å². The molecule has 1 fully saturated rings. The van der Waals surface area contributed by atoms with Gasteiger partial charge in [-0.2, -0.15) is 0 Å². The largest absolute Gasteiger partial charge is 0.491 e. The van der Waals surface area contributed by atoms with Gasteiger partial charge in [0.1, 0.15) is 31.3 Å². The maximum absolute atomic E-state index is 12.3. The summed E-state index contributed by atoms with van der Waals surface area (Å²) in [4.78, 5) is 59.4. The summed E-state index contributed by atoms with van der Waals surface area (Å²) in [7, 11) is 0. The molecule has 42 heavy (non-hydrogen) atoms. The summed E-state index contributed by atoms with van der Waals surface area (Å²) in [5.74, 6) is -2.58. The number of carboxylic acid groups (broad SMARTS) is 1. The second-order valence-corrected chi connectivity index (χ2v) is 10.6. The van der Waals surface area contributed by atoms with Crippen molar-refractivity contribution in [3.63, 3.8) is 0 Å². The van der Waals surface area contributed by atoms with Crippen LogP contribution in [0.5, 0.6) is 11.5 Å². The zero-order chi connectivity index (χ0) is 30.9. The van der Waals surface area contributed by atoms with E-state index in [1.54, 1.807) is 32.9 Å². The third kappa shape index (κ3) is 9.82. The van der Waals surface area contributed by atoms with Gasteiger partial charge in [-0.05, 0) is 32.9 Å². The summed E-state index contributed by atoms with van der Waals surface area (Å²) in [5.41, 5.74) is -0.162. The molecule has 1 aromatic carbocycles. The molecule has 3 amide bonds. The quantitative estimate of drug-likeness (QED) is 0.155. The molecular weight excluding hydrogens is 556 g/mol. The number of carbonyl (C=O) groups is 5. The molecule has 2 heterocycles. The van der Waals surface area contributed by atoms with E-state index in [1.165, 1.54) is 6.07 Å². The molecule has 2 aliphatic heterocycles. The summed E-state index contributed by atoms with van der Waals surface area (Å²) in [6, 6.07) is 4.76. The second-order valence-electron chi connectivity index (χ2n) is 10.6. The molecule has 3 atom stereocenters. The number of amides is 3. The van der Waals surface area contributed by atoms with Crippen LogP contribution in [-0.4, -0.2) is 96.2 Å². The van der Waals surface area contributed by atoms with Crippen LogP contribution >= 0.6 is 0 Å². The Bertz CT molecular complexity index is 1170. The average Bonchev–Trinajstić information content (AvgIpc) is 3.23. The molecule has 3 rings (SSSR count). The van der Waals surface area contributed by atoms with Crippen LogP contribution in [0.4, 0.5) is 0 Å². The Morgan fingerprint density at radius 1 is 1.07 bits per heavy atom. The Morgan fingerprint density at radius 3 is 2.45 bits per heavy atom. The highest BCUT2D eigenvalue weighted by Crippen LogP contribution is 2.30. The Kier molecular flexibility index (Phi) is 11.4. The number of hydrogen-bond donors (Lipinski definition) is 3. The van der Waals surface area contributed by atoms with Gasteiger partial charge in [-0.3, -0.25) is 24.1 Å². The van der Waals surface area contributed by atoms with E-state index in [4.69, 9.17) is 23.7 Å². The molecule has 3 unspecified atom stereocenters. The van der Waals surface area contributed by atoms with Gasteiger partial charge in [0.05, 0.1) is 24.7 Å². The fraction of sp³-hybridized carbons (Fsp3) is 0.536. The molecule has 0 aromatic heterocycles. The number of rotatable bonds is 14. The molecule has 0 saturated carbocycles. The molecule has 1 saturated heterocycles. The number of aliphatic carboxylic acids is 1. The van der Waals surface area contributed by atoms with Crippen LogP contribution in [0, 0.1) is 5.41 Å². The average molecular weight is 593 g/mol. The first-order valence-corrected chi connectivity index (χ1v) is 13.4. The molecule has 0 radical (unpaired) electrons. The highest BCUT2D eigenvalue weighted by atomic mass is 16.7. The number of hydrogen-bond acceptors (Lipinski definition) is 11. The van der Waals surface area contributed by atoms with Gasteiger partial charge in [-0.25, -0.2) is 4.79 Å². The van der Waals surface area contributed by atoms with E-state index in [0.29, 0.717) is 11.3 Å². The van der Waals surface area contributed by atoms with E-state index in [0.717, 1.165) is 17.1 Å². The number of nitrogens with one attached hydrogen (secondary N) is 1. The van der Waals surface area contributed by atoms with E-state index in [2.05, 4.69) is 5.32 Å². The van der Waals surface area contributed by atoms with Gasteiger partial charge in [0.15, 0.2) is 6.10 Å². The summed E-state index contributed by atoms with van der Waals surface area (Å²) >= 11 is 0. The van der Waals surface area contributed by atoms with Crippen LogP contribution in [0.15, 0.2) is 30.4 Å². The number of aliphatic hydroxyl groups is 1. The molecule has 0 bridgehead atoms. The van der Waals surface area contributed by atoms with E-state index < -0.39 is 53.6 Å². The van der Waals surface area contributed by atoms with Crippen LogP contribution in [0.25, 0.3) is 0 Å². The van der Waals surface area contributed by atoms with Gasteiger partial charge >= 0.3 is 11.9 Å². The van der Waals surface area contributed by atoms with Crippen LogP contribution in [0.3, 0.4) is 0 Å². The normalized spacial score (nSPS) is 20.4. The Labute approximate surface area is 242 Å². The Hall–Kier alpha value is -4.01. The van der Waals surface area contributed by atoms with E-state index in [-0.39, 0.29) is 58.1 Å². The molecular formula is C28H36N2O12. The Morgan fingerprint density at radius 2 is 1.79 bits per heavy atom. The number of benzene rings is 1. The fourth-order valence-corrected chi connectivity index (χ4v) is 3.83. The number of aliphatic hydroxyl groups excluding tert-OH is 1. The van der Waals surface area contributed by atoms with Crippen LogP contribution < -0.4 is 14.8 Å². The van der Waals surface area contributed by atoms with Crippen molar-refractivity contribution in [1.82, 2.24) is 10.2 Å². The molecule has 0 aliphatic carbocycles. The summed E-state index contributed by atoms with van der Waals surface area (Å²) in [5, 5.41) is 21.8. The number of nitrogens with zero attached hydrogens (tertiary/aromatic N) is 1. The maximum Gasteiger partial charge on any atom is 0.333 e. The van der Waals surface area contributed by atoms with Crippen LogP contribution in [0.1, 0.15) is 39.2 Å². The van der Waals surface area contributed by atoms with Crippen LogP contribution in [-0.2, 0) is 44.8 Å². The van der Waals surface area contributed by atoms with Crippen molar-refractivity contribution >= 4 is 29.7 Å². The van der Waals surface area contributed by atoms with E-state index >= 15 is 0 Å². The first-order valence-electron chi connectivity index (χ1n) is 13.4. The number of carbonyl (C=O) groups excluding carboxylic acids is 4. The molecule has 1 aromatic rings. The van der Waals surface area contributed by atoms with Gasteiger partial charge in [-0.1, -0.05) is 0 Å². The zero-order valence-corrected chi connectivity index (χ0v) is 23.7. The van der Waals surface area contributed by atoms with Crippen molar-refractivity contribution < 1.29 is 57.9 Å². The number of carboxylic acids is 1. The SMILES string of the molecule is CC(C)(C)C(=O)OCc1ccc(OC2CC(O)CC(C(=O)O)O2)cc1OCCOCCNC(=O)CN1C(=O)C=CC1=O. The maximum atomic E-state index is 12.3. The minimum Gasteiger partial charge on any atom is -0.491 e. The topological polar surface area (TPSA) is 187 Å². The monoisotopic (exact) mass is 592 g/mol.